The SMILES string of the molecule is COc1cc(C)cc(C)c1S(=O)(=O)NC1CCNCC1C. The fourth-order valence-electron chi connectivity index (χ4n) is 2.86. The van der Waals surface area contributed by atoms with Crippen LogP contribution in [0.4, 0.5) is 0 Å². The van der Waals surface area contributed by atoms with Crippen LogP contribution in [0, 0.1) is 19.8 Å². The van der Waals surface area contributed by atoms with Gasteiger partial charge in [-0.2, -0.15) is 0 Å². The number of methoxy groups -OCH3 is 1. The average Bonchev–Trinajstić information content (AvgIpc) is 2.39. The quantitative estimate of drug-likeness (QED) is 0.886. The van der Waals surface area contributed by atoms with Crippen LogP contribution in [0.1, 0.15) is 24.5 Å². The second kappa shape index (κ2) is 6.34. The third kappa shape index (κ3) is 3.56. The van der Waals surface area contributed by atoms with Crippen LogP contribution in [0.15, 0.2) is 17.0 Å². The van der Waals surface area contributed by atoms with Gasteiger partial charge in [0, 0.05) is 6.04 Å². The molecule has 2 rings (SSSR count). The van der Waals surface area contributed by atoms with Gasteiger partial charge in [0.2, 0.25) is 10.0 Å². The third-order valence-corrected chi connectivity index (χ3v) is 5.64. The van der Waals surface area contributed by atoms with E-state index in [1.807, 2.05) is 13.0 Å². The largest absolute Gasteiger partial charge is 0.495 e. The summed E-state index contributed by atoms with van der Waals surface area (Å²) in [5.41, 5.74) is 1.69. The molecule has 0 amide bonds. The summed E-state index contributed by atoms with van der Waals surface area (Å²) in [6, 6.07) is 3.58. The first-order valence-corrected chi connectivity index (χ1v) is 8.71. The highest BCUT2D eigenvalue weighted by molar-refractivity contribution is 7.89. The number of nitrogens with one attached hydrogen (secondary N) is 2. The van der Waals surface area contributed by atoms with Gasteiger partial charge >= 0.3 is 0 Å². The molecule has 2 N–H and O–H groups in total. The van der Waals surface area contributed by atoms with Gasteiger partial charge in [0.1, 0.15) is 10.6 Å². The second-order valence-corrected chi connectivity index (χ2v) is 7.46. The lowest BCUT2D eigenvalue weighted by molar-refractivity contribution is 0.327. The van der Waals surface area contributed by atoms with Crippen LogP contribution < -0.4 is 14.8 Å². The molecule has 5 nitrogen and oxygen atoms in total. The van der Waals surface area contributed by atoms with Crippen molar-refractivity contribution in [2.75, 3.05) is 20.2 Å². The molecule has 6 heteroatoms. The van der Waals surface area contributed by atoms with Crippen molar-refractivity contribution in [1.82, 2.24) is 10.0 Å². The molecule has 0 saturated carbocycles. The smallest absolute Gasteiger partial charge is 0.244 e. The Morgan fingerprint density at radius 2 is 2.05 bits per heavy atom. The Hall–Kier alpha value is -1.11. The molecule has 0 radical (unpaired) electrons. The lowest BCUT2D eigenvalue weighted by Crippen LogP contribution is -2.48. The van der Waals surface area contributed by atoms with E-state index >= 15 is 0 Å². The fraction of sp³-hybridized carbons (Fsp3) is 0.600. The van der Waals surface area contributed by atoms with Gasteiger partial charge in [-0.15, -0.1) is 0 Å². The number of ether oxygens (including phenoxy) is 1. The minimum atomic E-state index is -3.59. The first-order valence-electron chi connectivity index (χ1n) is 7.23. The number of sulfonamides is 1. The maximum atomic E-state index is 12.7. The molecule has 0 aromatic heterocycles. The Morgan fingerprint density at radius 3 is 2.67 bits per heavy atom. The van der Waals surface area contributed by atoms with Crippen molar-refractivity contribution in [3.63, 3.8) is 0 Å². The predicted octanol–water partition coefficient (Wildman–Crippen LogP) is 1.59. The van der Waals surface area contributed by atoms with Crippen molar-refractivity contribution in [3.8, 4) is 5.75 Å². The number of rotatable bonds is 4. The molecule has 0 bridgehead atoms. The van der Waals surface area contributed by atoms with E-state index in [9.17, 15) is 8.42 Å². The van der Waals surface area contributed by atoms with Gasteiger partial charge in [-0.05, 0) is 56.5 Å². The molecule has 1 saturated heterocycles. The molecule has 1 aliphatic rings. The number of piperidine rings is 1. The normalized spacial score (nSPS) is 23.0. The maximum Gasteiger partial charge on any atom is 0.244 e. The molecule has 1 aliphatic heterocycles. The zero-order valence-corrected chi connectivity index (χ0v) is 13.9. The molecule has 0 spiro atoms. The topological polar surface area (TPSA) is 67.4 Å². The summed E-state index contributed by atoms with van der Waals surface area (Å²) in [5, 5.41) is 3.27. The first-order chi connectivity index (χ1) is 9.85. The lowest BCUT2D eigenvalue weighted by Gasteiger charge is -2.30. The van der Waals surface area contributed by atoms with Crippen molar-refractivity contribution >= 4 is 10.0 Å². The Labute approximate surface area is 127 Å². The van der Waals surface area contributed by atoms with Crippen LogP contribution in [-0.4, -0.2) is 34.7 Å². The summed E-state index contributed by atoms with van der Waals surface area (Å²) in [5.74, 6) is 0.673. The summed E-state index contributed by atoms with van der Waals surface area (Å²) in [6.45, 7) is 7.45. The highest BCUT2D eigenvalue weighted by atomic mass is 32.2. The van der Waals surface area contributed by atoms with Crippen molar-refractivity contribution in [2.24, 2.45) is 5.92 Å². The van der Waals surface area contributed by atoms with Crippen LogP contribution in [0.3, 0.4) is 0 Å². The Morgan fingerprint density at radius 1 is 1.33 bits per heavy atom. The van der Waals surface area contributed by atoms with Gasteiger partial charge < -0.3 is 10.1 Å². The van der Waals surface area contributed by atoms with E-state index in [0.29, 0.717) is 11.3 Å². The molecule has 1 fully saturated rings. The van der Waals surface area contributed by atoms with E-state index in [2.05, 4.69) is 17.0 Å². The number of aryl methyl sites for hydroxylation is 2. The van der Waals surface area contributed by atoms with E-state index in [-0.39, 0.29) is 16.9 Å². The zero-order valence-electron chi connectivity index (χ0n) is 13.1. The van der Waals surface area contributed by atoms with Gasteiger partial charge in [-0.1, -0.05) is 13.0 Å². The average molecular weight is 312 g/mol. The van der Waals surface area contributed by atoms with E-state index in [4.69, 9.17) is 4.74 Å². The molecule has 1 aromatic carbocycles. The summed E-state index contributed by atoms with van der Waals surface area (Å²) >= 11 is 0. The molecule has 2 atom stereocenters. The van der Waals surface area contributed by atoms with Crippen LogP contribution in [0.2, 0.25) is 0 Å². The summed E-state index contributed by atoms with van der Waals surface area (Å²) in [7, 11) is -2.09. The maximum absolute atomic E-state index is 12.7. The van der Waals surface area contributed by atoms with Crippen molar-refractivity contribution in [3.05, 3.63) is 23.3 Å². The van der Waals surface area contributed by atoms with Crippen molar-refractivity contribution in [1.29, 1.82) is 0 Å². The highest BCUT2D eigenvalue weighted by Crippen LogP contribution is 2.29. The second-order valence-electron chi connectivity index (χ2n) is 5.81. The Balaban J connectivity index is 2.35. The van der Waals surface area contributed by atoms with Crippen molar-refractivity contribution in [2.45, 2.75) is 38.1 Å². The van der Waals surface area contributed by atoms with Crippen LogP contribution in [0.5, 0.6) is 5.75 Å². The van der Waals surface area contributed by atoms with Crippen LogP contribution in [-0.2, 0) is 10.0 Å². The molecule has 1 aromatic rings. The van der Waals surface area contributed by atoms with E-state index in [0.717, 1.165) is 25.1 Å². The lowest BCUT2D eigenvalue weighted by atomic mass is 9.97. The van der Waals surface area contributed by atoms with Gasteiger partial charge in [-0.25, -0.2) is 13.1 Å². The minimum Gasteiger partial charge on any atom is -0.495 e. The molecule has 2 unspecified atom stereocenters. The molecular weight excluding hydrogens is 288 g/mol. The van der Waals surface area contributed by atoms with Gasteiger partial charge in [0.25, 0.3) is 0 Å². The molecule has 118 valence electrons. The van der Waals surface area contributed by atoms with E-state index < -0.39 is 10.0 Å². The van der Waals surface area contributed by atoms with E-state index in [1.165, 1.54) is 7.11 Å². The third-order valence-electron chi connectivity index (χ3n) is 3.97. The van der Waals surface area contributed by atoms with Gasteiger partial charge in [-0.3, -0.25) is 0 Å². The molecular formula is C15H24N2O3S. The van der Waals surface area contributed by atoms with Crippen LogP contribution >= 0.6 is 0 Å². The van der Waals surface area contributed by atoms with Crippen LogP contribution in [0.25, 0.3) is 0 Å². The molecule has 21 heavy (non-hydrogen) atoms. The minimum absolute atomic E-state index is 0.0401. The summed E-state index contributed by atoms with van der Waals surface area (Å²) < 4.78 is 33.6. The molecule has 1 heterocycles. The monoisotopic (exact) mass is 312 g/mol. The van der Waals surface area contributed by atoms with E-state index in [1.54, 1.807) is 13.0 Å². The number of hydrogen-bond donors (Lipinski definition) is 2. The predicted molar refractivity (Wildman–Crippen MR) is 83.2 cm³/mol. The van der Waals surface area contributed by atoms with Crippen molar-refractivity contribution < 1.29 is 13.2 Å². The first kappa shape index (κ1) is 16.3. The summed E-state index contributed by atoms with van der Waals surface area (Å²) in [6.07, 6.45) is 0.799. The Bertz CT molecular complexity index is 614. The Kier molecular flexibility index (Phi) is 4.91. The van der Waals surface area contributed by atoms with Gasteiger partial charge in [0.05, 0.1) is 7.11 Å². The summed E-state index contributed by atoms with van der Waals surface area (Å²) in [4.78, 5) is 0.251. The molecule has 0 aliphatic carbocycles. The highest BCUT2D eigenvalue weighted by Gasteiger charge is 2.29. The standard InChI is InChI=1S/C15H24N2O3S/c1-10-7-11(2)15(14(8-10)20-4)21(18,19)17-13-5-6-16-9-12(13)3/h7-8,12-13,16-17H,5-6,9H2,1-4H3. The number of hydrogen-bond acceptors (Lipinski definition) is 4. The zero-order chi connectivity index (χ0) is 15.6. The van der Waals surface area contributed by atoms with Gasteiger partial charge in [0.15, 0.2) is 0 Å². The fourth-order valence-corrected chi connectivity index (χ4v) is 4.62. The number of benzene rings is 1.